The van der Waals surface area contributed by atoms with Crippen molar-refractivity contribution in [3.05, 3.63) is 29.3 Å². The van der Waals surface area contributed by atoms with Crippen molar-refractivity contribution in [1.82, 2.24) is 9.62 Å². The number of nitrogens with zero attached hydrogens (tertiary/aromatic N) is 1. The van der Waals surface area contributed by atoms with E-state index in [0.717, 1.165) is 23.3 Å². The van der Waals surface area contributed by atoms with Crippen LogP contribution in [-0.2, 0) is 14.8 Å². The highest BCUT2D eigenvalue weighted by molar-refractivity contribution is 7.89. The zero-order valence-corrected chi connectivity index (χ0v) is 17.4. The lowest BCUT2D eigenvalue weighted by atomic mass is 9.88. The van der Waals surface area contributed by atoms with Gasteiger partial charge in [0.25, 0.3) is 0 Å². The maximum absolute atomic E-state index is 13.0. The topological polar surface area (TPSA) is 75.7 Å². The molecule has 1 aromatic rings. The average Bonchev–Trinajstić information content (AvgIpc) is 2.61. The largest absolute Gasteiger partial charge is 0.487 e. The number of nitrogens with one attached hydrogen (secondary N) is 1. The summed E-state index contributed by atoms with van der Waals surface area (Å²) in [5.41, 5.74) is 1.75. The Hall–Kier alpha value is -1.60. The van der Waals surface area contributed by atoms with Crippen molar-refractivity contribution in [3.8, 4) is 5.75 Å². The van der Waals surface area contributed by atoms with Crippen LogP contribution >= 0.6 is 0 Å². The zero-order chi connectivity index (χ0) is 19.8. The normalized spacial score (nSPS) is 25.3. The number of carbonyl (C=O) groups is 1. The highest BCUT2D eigenvalue weighted by Crippen LogP contribution is 2.40. The first-order valence-electron chi connectivity index (χ1n) is 9.69. The SMILES string of the molecule is CCS(=O)(=O)N1CCC[C@@H](C(=O)N[C@H]2CC(C)(C)Oc3ccc(C)cc32)C1. The van der Waals surface area contributed by atoms with Crippen LogP contribution in [0.15, 0.2) is 18.2 Å². The molecule has 1 aromatic carbocycles. The number of ether oxygens (including phenoxy) is 1. The molecule has 7 heteroatoms. The molecule has 1 amide bonds. The molecule has 0 aliphatic carbocycles. The Morgan fingerprint density at radius 2 is 2.11 bits per heavy atom. The lowest BCUT2D eigenvalue weighted by Crippen LogP contribution is -2.48. The molecule has 2 heterocycles. The summed E-state index contributed by atoms with van der Waals surface area (Å²) in [5, 5.41) is 3.18. The number of hydrogen-bond donors (Lipinski definition) is 1. The van der Waals surface area contributed by atoms with Gasteiger partial charge in [-0.3, -0.25) is 4.79 Å². The first kappa shape index (κ1) is 20.1. The predicted molar refractivity (Wildman–Crippen MR) is 105 cm³/mol. The number of fused-ring (bicyclic) bond motifs is 1. The highest BCUT2D eigenvalue weighted by Gasteiger charge is 2.37. The molecule has 0 spiro atoms. The van der Waals surface area contributed by atoms with Crippen LogP contribution in [0.25, 0.3) is 0 Å². The summed E-state index contributed by atoms with van der Waals surface area (Å²) < 4.78 is 31.9. The van der Waals surface area contributed by atoms with E-state index in [0.29, 0.717) is 19.4 Å². The van der Waals surface area contributed by atoms with E-state index in [4.69, 9.17) is 4.74 Å². The third-order valence-electron chi connectivity index (χ3n) is 5.45. The highest BCUT2D eigenvalue weighted by atomic mass is 32.2. The van der Waals surface area contributed by atoms with Gasteiger partial charge in [-0.1, -0.05) is 17.7 Å². The zero-order valence-electron chi connectivity index (χ0n) is 16.6. The molecule has 0 saturated carbocycles. The average molecular weight is 395 g/mol. The van der Waals surface area contributed by atoms with Gasteiger partial charge in [-0.05, 0) is 46.6 Å². The van der Waals surface area contributed by atoms with Crippen LogP contribution in [0.4, 0.5) is 0 Å². The van der Waals surface area contributed by atoms with Crippen LogP contribution in [0.3, 0.4) is 0 Å². The maximum atomic E-state index is 13.0. The first-order chi connectivity index (χ1) is 12.6. The van der Waals surface area contributed by atoms with Crippen molar-refractivity contribution in [2.45, 2.75) is 58.6 Å². The number of benzene rings is 1. The molecule has 2 atom stereocenters. The monoisotopic (exact) mass is 394 g/mol. The van der Waals surface area contributed by atoms with E-state index in [1.165, 1.54) is 4.31 Å². The summed E-state index contributed by atoms with van der Waals surface area (Å²) in [5.74, 6) is 0.503. The van der Waals surface area contributed by atoms with E-state index in [-0.39, 0.29) is 35.8 Å². The summed E-state index contributed by atoms with van der Waals surface area (Å²) in [6, 6.07) is 5.90. The summed E-state index contributed by atoms with van der Waals surface area (Å²) in [4.78, 5) is 13.0. The van der Waals surface area contributed by atoms with Crippen LogP contribution in [-0.4, -0.2) is 43.1 Å². The number of aryl methyl sites for hydroxylation is 1. The quantitative estimate of drug-likeness (QED) is 0.852. The van der Waals surface area contributed by atoms with Crippen molar-refractivity contribution in [2.24, 2.45) is 5.92 Å². The minimum Gasteiger partial charge on any atom is -0.487 e. The van der Waals surface area contributed by atoms with Crippen LogP contribution in [0.1, 0.15) is 57.2 Å². The number of hydrogen-bond acceptors (Lipinski definition) is 4. The van der Waals surface area contributed by atoms with Gasteiger partial charge in [0.2, 0.25) is 15.9 Å². The minimum absolute atomic E-state index is 0.0684. The third kappa shape index (κ3) is 4.46. The van der Waals surface area contributed by atoms with Gasteiger partial charge in [0, 0.05) is 25.1 Å². The van der Waals surface area contributed by atoms with Gasteiger partial charge in [-0.2, -0.15) is 0 Å². The molecule has 1 fully saturated rings. The van der Waals surface area contributed by atoms with E-state index in [2.05, 4.69) is 11.4 Å². The Morgan fingerprint density at radius 1 is 1.37 bits per heavy atom. The standard InChI is InChI=1S/C20H30N2O4S/c1-5-27(24,25)22-10-6-7-15(13-22)19(23)21-17-12-20(3,4)26-18-9-8-14(2)11-16(17)18/h8-9,11,15,17H,5-7,10,12-13H2,1-4H3,(H,21,23)/t15-,17+/m1/s1. The minimum atomic E-state index is -3.26. The lowest BCUT2D eigenvalue weighted by molar-refractivity contribution is -0.127. The fraction of sp³-hybridized carbons (Fsp3) is 0.650. The van der Waals surface area contributed by atoms with Gasteiger partial charge in [-0.15, -0.1) is 0 Å². The maximum Gasteiger partial charge on any atom is 0.224 e. The second-order valence-electron chi connectivity index (χ2n) is 8.27. The second-order valence-corrected chi connectivity index (χ2v) is 10.5. The predicted octanol–water partition coefficient (Wildman–Crippen LogP) is 2.78. The van der Waals surface area contributed by atoms with E-state index in [1.807, 2.05) is 32.9 Å². The van der Waals surface area contributed by atoms with Gasteiger partial charge >= 0.3 is 0 Å². The van der Waals surface area contributed by atoms with Gasteiger partial charge in [0.1, 0.15) is 11.4 Å². The summed E-state index contributed by atoms with van der Waals surface area (Å²) in [7, 11) is -3.26. The van der Waals surface area contributed by atoms with Crippen LogP contribution in [0, 0.1) is 12.8 Å². The van der Waals surface area contributed by atoms with E-state index in [9.17, 15) is 13.2 Å². The lowest BCUT2D eigenvalue weighted by Gasteiger charge is -2.39. The Bertz CT molecular complexity index is 819. The second kappa shape index (κ2) is 7.43. The molecule has 1 saturated heterocycles. The fourth-order valence-electron chi connectivity index (χ4n) is 3.98. The molecule has 6 nitrogen and oxygen atoms in total. The van der Waals surface area contributed by atoms with Crippen molar-refractivity contribution < 1.29 is 17.9 Å². The summed E-state index contributed by atoms with van der Waals surface area (Å²) in [6.45, 7) is 8.48. The van der Waals surface area contributed by atoms with Crippen molar-refractivity contribution >= 4 is 15.9 Å². The van der Waals surface area contributed by atoms with E-state index >= 15 is 0 Å². The molecular formula is C20H30N2O4S. The fourth-order valence-corrected chi connectivity index (χ4v) is 5.16. The molecule has 0 bridgehead atoms. The number of piperidine rings is 1. The summed E-state index contributed by atoms with van der Waals surface area (Å²) in [6.07, 6.45) is 2.11. The molecule has 27 heavy (non-hydrogen) atoms. The molecule has 0 aromatic heterocycles. The molecule has 0 unspecified atom stereocenters. The van der Waals surface area contributed by atoms with Gasteiger partial charge in [-0.25, -0.2) is 12.7 Å². The van der Waals surface area contributed by atoms with E-state index < -0.39 is 10.0 Å². The first-order valence-corrected chi connectivity index (χ1v) is 11.3. The molecule has 0 radical (unpaired) electrons. The molecular weight excluding hydrogens is 364 g/mol. The van der Waals surface area contributed by atoms with Gasteiger partial charge < -0.3 is 10.1 Å². The number of sulfonamides is 1. The molecule has 2 aliphatic rings. The molecule has 1 N–H and O–H groups in total. The van der Waals surface area contributed by atoms with Crippen LogP contribution in [0.5, 0.6) is 5.75 Å². The third-order valence-corrected chi connectivity index (χ3v) is 7.30. The van der Waals surface area contributed by atoms with Crippen molar-refractivity contribution in [1.29, 1.82) is 0 Å². The van der Waals surface area contributed by atoms with Crippen molar-refractivity contribution in [3.63, 3.8) is 0 Å². The molecule has 2 aliphatic heterocycles. The van der Waals surface area contributed by atoms with Crippen molar-refractivity contribution in [2.75, 3.05) is 18.8 Å². The van der Waals surface area contributed by atoms with Gasteiger partial charge in [0.05, 0.1) is 17.7 Å². The van der Waals surface area contributed by atoms with Crippen LogP contribution in [0.2, 0.25) is 0 Å². The Balaban J connectivity index is 1.77. The number of rotatable bonds is 4. The Morgan fingerprint density at radius 3 is 2.81 bits per heavy atom. The van der Waals surface area contributed by atoms with Crippen LogP contribution < -0.4 is 10.1 Å². The van der Waals surface area contributed by atoms with Gasteiger partial charge in [0.15, 0.2) is 0 Å². The summed E-state index contributed by atoms with van der Waals surface area (Å²) >= 11 is 0. The van der Waals surface area contributed by atoms with E-state index in [1.54, 1.807) is 6.92 Å². The number of carbonyl (C=O) groups excluding carboxylic acids is 1. The Kier molecular flexibility index (Phi) is 5.54. The Labute approximate surface area is 162 Å². The molecule has 150 valence electrons. The smallest absolute Gasteiger partial charge is 0.224 e. The number of amides is 1. The molecule has 3 rings (SSSR count).